The third kappa shape index (κ3) is 4.49. The highest BCUT2D eigenvalue weighted by molar-refractivity contribution is 7.86. The van der Waals surface area contributed by atoms with Crippen LogP contribution in [0.25, 0.3) is 10.8 Å². The Kier molecular flexibility index (Phi) is 5.65. The first-order chi connectivity index (χ1) is 13.9. The van der Waals surface area contributed by atoms with Crippen LogP contribution >= 0.6 is 0 Å². The summed E-state index contributed by atoms with van der Waals surface area (Å²) in [7, 11) is -7.92. The molecule has 0 aliphatic rings. The first kappa shape index (κ1) is 21.8. The highest BCUT2D eigenvalue weighted by Crippen LogP contribution is 2.33. The van der Waals surface area contributed by atoms with Gasteiger partial charge in [0.15, 0.2) is 0 Å². The summed E-state index contributed by atoms with van der Waals surface area (Å²) in [6.45, 7) is 3.75. The molecule has 0 bridgehead atoms. The molecule has 0 aromatic heterocycles. The molecule has 0 amide bonds. The third-order valence-electron chi connectivity index (χ3n) is 4.44. The third-order valence-corrected chi connectivity index (χ3v) is 6.16. The molecule has 0 aliphatic carbocycles. The SMILES string of the molecule is COc1cc(N=Nc2ccc3cc(S(=O)(=O)O)cc(S(=O)(=O)O)c3c2)c(C)cc1C. The van der Waals surface area contributed by atoms with Crippen molar-refractivity contribution in [3.05, 3.63) is 53.6 Å². The zero-order chi connectivity index (χ0) is 22.3. The molecular weight excluding hydrogens is 432 g/mol. The molecule has 3 rings (SSSR count). The van der Waals surface area contributed by atoms with Gasteiger partial charge in [0.2, 0.25) is 0 Å². The van der Waals surface area contributed by atoms with Crippen LogP contribution in [0.3, 0.4) is 0 Å². The van der Waals surface area contributed by atoms with Gasteiger partial charge in [-0.1, -0.05) is 12.1 Å². The Labute approximate surface area is 173 Å². The largest absolute Gasteiger partial charge is 0.496 e. The smallest absolute Gasteiger partial charge is 0.295 e. The van der Waals surface area contributed by atoms with Crippen molar-refractivity contribution in [2.45, 2.75) is 23.6 Å². The Morgan fingerprint density at radius 2 is 1.53 bits per heavy atom. The van der Waals surface area contributed by atoms with E-state index in [1.807, 2.05) is 19.9 Å². The summed E-state index contributed by atoms with van der Waals surface area (Å²) in [6.07, 6.45) is 0. The van der Waals surface area contributed by atoms with Crippen LogP contribution in [0, 0.1) is 13.8 Å². The van der Waals surface area contributed by atoms with Crippen molar-refractivity contribution >= 4 is 42.4 Å². The van der Waals surface area contributed by atoms with E-state index in [2.05, 4.69) is 10.2 Å². The second kappa shape index (κ2) is 7.76. The first-order valence-corrected chi connectivity index (χ1v) is 11.4. The molecule has 0 saturated carbocycles. The van der Waals surface area contributed by atoms with Crippen LogP contribution < -0.4 is 4.74 Å². The summed E-state index contributed by atoms with van der Waals surface area (Å²) >= 11 is 0. The van der Waals surface area contributed by atoms with Crippen molar-refractivity contribution in [1.82, 2.24) is 0 Å². The summed E-state index contributed by atoms with van der Waals surface area (Å²) in [6, 6.07) is 9.64. The van der Waals surface area contributed by atoms with Crippen LogP contribution in [0.15, 0.2) is 62.5 Å². The Morgan fingerprint density at radius 1 is 0.833 bits per heavy atom. The lowest BCUT2D eigenvalue weighted by molar-refractivity contribution is 0.411. The predicted octanol–water partition coefficient (Wildman–Crippen LogP) is 4.37. The lowest BCUT2D eigenvalue weighted by Gasteiger charge is -2.08. The maximum absolute atomic E-state index is 11.8. The van der Waals surface area contributed by atoms with Gasteiger partial charge in [0.25, 0.3) is 20.2 Å². The molecule has 2 N–H and O–H groups in total. The van der Waals surface area contributed by atoms with Gasteiger partial charge in [0.05, 0.1) is 23.4 Å². The zero-order valence-corrected chi connectivity index (χ0v) is 17.8. The minimum atomic E-state index is -4.78. The average Bonchev–Trinajstić information content (AvgIpc) is 2.64. The minimum Gasteiger partial charge on any atom is -0.496 e. The van der Waals surface area contributed by atoms with E-state index in [-0.39, 0.29) is 16.5 Å². The minimum absolute atomic E-state index is 0.0274. The number of aryl methyl sites for hydroxylation is 2. The Morgan fingerprint density at radius 3 is 2.13 bits per heavy atom. The molecule has 0 unspecified atom stereocenters. The van der Waals surface area contributed by atoms with Crippen molar-refractivity contribution in [3.63, 3.8) is 0 Å². The van der Waals surface area contributed by atoms with Gasteiger partial charge in [0.1, 0.15) is 10.6 Å². The number of ether oxygens (including phenoxy) is 1. The van der Waals surface area contributed by atoms with Crippen molar-refractivity contribution in [2.75, 3.05) is 7.11 Å². The number of methoxy groups -OCH3 is 1. The van der Waals surface area contributed by atoms with E-state index >= 15 is 0 Å². The van der Waals surface area contributed by atoms with Gasteiger partial charge >= 0.3 is 0 Å². The van der Waals surface area contributed by atoms with Gasteiger partial charge in [-0.2, -0.15) is 27.1 Å². The van der Waals surface area contributed by atoms with Crippen LogP contribution in [0.1, 0.15) is 11.1 Å². The van der Waals surface area contributed by atoms with E-state index in [0.717, 1.165) is 17.2 Å². The average molecular weight is 450 g/mol. The number of hydrogen-bond acceptors (Lipinski definition) is 7. The molecule has 3 aromatic carbocycles. The second-order valence-electron chi connectivity index (χ2n) is 6.59. The van der Waals surface area contributed by atoms with Crippen molar-refractivity contribution in [3.8, 4) is 5.75 Å². The molecule has 30 heavy (non-hydrogen) atoms. The number of rotatable bonds is 5. The van der Waals surface area contributed by atoms with Gasteiger partial charge < -0.3 is 4.74 Å². The van der Waals surface area contributed by atoms with Crippen LogP contribution in [0.4, 0.5) is 11.4 Å². The van der Waals surface area contributed by atoms with Gasteiger partial charge in [-0.15, -0.1) is 0 Å². The maximum atomic E-state index is 11.8. The van der Waals surface area contributed by atoms with Crippen molar-refractivity contribution < 1.29 is 30.7 Å². The van der Waals surface area contributed by atoms with Crippen molar-refractivity contribution in [1.29, 1.82) is 0 Å². The molecule has 0 atom stereocenters. The van der Waals surface area contributed by atoms with E-state index in [0.29, 0.717) is 17.5 Å². The number of hydrogen-bond donors (Lipinski definition) is 2. The summed E-state index contributed by atoms with van der Waals surface area (Å²) in [5.41, 5.74) is 2.61. The fourth-order valence-corrected chi connectivity index (χ4v) is 4.32. The van der Waals surface area contributed by atoms with Crippen molar-refractivity contribution in [2.24, 2.45) is 10.2 Å². The van der Waals surface area contributed by atoms with E-state index in [9.17, 15) is 25.9 Å². The number of nitrogens with zero attached hydrogens (tertiary/aromatic N) is 2. The summed E-state index contributed by atoms with van der Waals surface area (Å²) in [4.78, 5) is -1.32. The monoisotopic (exact) mass is 450 g/mol. The fraction of sp³-hybridized carbons (Fsp3) is 0.158. The second-order valence-corrected chi connectivity index (χ2v) is 9.40. The molecule has 3 aromatic rings. The van der Waals surface area contributed by atoms with E-state index < -0.39 is 30.0 Å². The van der Waals surface area contributed by atoms with E-state index in [1.165, 1.54) is 18.2 Å². The van der Waals surface area contributed by atoms with E-state index in [4.69, 9.17) is 4.74 Å². The quantitative estimate of drug-likeness (QED) is 0.434. The molecule has 0 spiro atoms. The summed E-state index contributed by atoms with van der Waals surface area (Å²) in [5.74, 6) is 0.638. The molecule has 0 radical (unpaired) electrons. The molecule has 0 aliphatic heterocycles. The highest BCUT2D eigenvalue weighted by Gasteiger charge is 2.20. The molecule has 0 fully saturated rings. The van der Waals surface area contributed by atoms with Crippen LogP contribution in [0.2, 0.25) is 0 Å². The van der Waals surface area contributed by atoms with Gasteiger partial charge in [-0.25, -0.2) is 0 Å². The van der Waals surface area contributed by atoms with Gasteiger partial charge in [0, 0.05) is 11.5 Å². The summed E-state index contributed by atoms with van der Waals surface area (Å²) < 4.78 is 70.4. The highest BCUT2D eigenvalue weighted by atomic mass is 32.2. The van der Waals surface area contributed by atoms with Crippen LogP contribution in [-0.2, 0) is 20.2 Å². The fourth-order valence-electron chi connectivity index (χ4n) is 2.97. The van der Waals surface area contributed by atoms with Crippen LogP contribution in [-0.4, -0.2) is 33.1 Å². The normalized spacial score (nSPS) is 12.6. The molecule has 9 nitrogen and oxygen atoms in total. The molecule has 0 saturated heterocycles. The zero-order valence-electron chi connectivity index (χ0n) is 16.2. The van der Waals surface area contributed by atoms with Gasteiger partial charge in [-0.3, -0.25) is 9.11 Å². The lowest BCUT2D eigenvalue weighted by Crippen LogP contribution is -2.04. The Bertz CT molecular complexity index is 1400. The Hall–Kier alpha value is -2.86. The topological polar surface area (TPSA) is 143 Å². The molecular formula is C19H18N2O7S2. The van der Waals surface area contributed by atoms with Gasteiger partial charge in [-0.05, 0) is 54.6 Å². The molecule has 11 heteroatoms. The predicted molar refractivity (Wildman–Crippen MR) is 110 cm³/mol. The molecule has 158 valence electrons. The standard InChI is InChI=1S/C19H18N2O7S2/c1-11-6-12(2)18(28-3)10-17(11)21-20-14-5-4-13-7-15(29(22,23)24)9-19(16(13)8-14)30(25,26)27/h4-10H,1-3H3,(H,22,23,24)(H,25,26,27). The maximum Gasteiger partial charge on any atom is 0.295 e. The number of azo groups is 1. The molecule has 0 heterocycles. The first-order valence-electron chi connectivity index (χ1n) is 8.50. The number of fused-ring (bicyclic) bond motifs is 1. The lowest BCUT2D eigenvalue weighted by atomic mass is 10.1. The van der Waals surface area contributed by atoms with Crippen LogP contribution in [0.5, 0.6) is 5.75 Å². The summed E-state index contributed by atoms with van der Waals surface area (Å²) in [5, 5.41) is 8.49. The Balaban J connectivity index is 2.15. The van der Waals surface area contributed by atoms with E-state index in [1.54, 1.807) is 13.2 Å². The number of benzene rings is 3.